The molecule has 3 heteroatoms. The molecule has 1 amide bonds. The van der Waals surface area contributed by atoms with E-state index in [1.54, 1.807) is 0 Å². The predicted molar refractivity (Wildman–Crippen MR) is 68.9 cm³/mol. The maximum Gasteiger partial charge on any atom is 0.230 e. The summed E-state index contributed by atoms with van der Waals surface area (Å²) in [4.78, 5) is 12.2. The van der Waals surface area contributed by atoms with Gasteiger partial charge < -0.3 is 10.6 Å². The highest BCUT2D eigenvalue weighted by molar-refractivity contribution is 5.91. The Balaban J connectivity index is 1.91. The van der Waals surface area contributed by atoms with Gasteiger partial charge in [0.2, 0.25) is 5.91 Å². The summed E-state index contributed by atoms with van der Waals surface area (Å²) in [5, 5.41) is 6.12. The lowest BCUT2D eigenvalue weighted by Gasteiger charge is -2.15. The van der Waals surface area contributed by atoms with Crippen LogP contribution in [-0.2, 0) is 10.2 Å². The van der Waals surface area contributed by atoms with Gasteiger partial charge in [0, 0.05) is 6.54 Å². The van der Waals surface area contributed by atoms with Gasteiger partial charge in [0.05, 0.1) is 5.41 Å². The van der Waals surface area contributed by atoms with Gasteiger partial charge in [-0.3, -0.25) is 4.79 Å². The average molecular weight is 232 g/mol. The van der Waals surface area contributed by atoms with E-state index in [0.29, 0.717) is 0 Å². The third-order valence-corrected chi connectivity index (χ3v) is 3.40. The number of hydrogen-bond donors (Lipinski definition) is 2. The van der Waals surface area contributed by atoms with Crippen LogP contribution in [0.5, 0.6) is 0 Å². The molecule has 1 fully saturated rings. The minimum atomic E-state index is -0.221. The molecule has 1 aromatic carbocycles. The van der Waals surface area contributed by atoms with Gasteiger partial charge in [0.15, 0.2) is 0 Å². The Morgan fingerprint density at radius 2 is 1.94 bits per heavy atom. The van der Waals surface area contributed by atoms with Crippen molar-refractivity contribution in [2.24, 2.45) is 0 Å². The topological polar surface area (TPSA) is 41.1 Å². The van der Waals surface area contributed by atoms with Crippen molar-refractivity contribution in [3.05, 3.63) is 35.9 Å². The molecule has 17 heavy (non-hydrogen) atoms. The van der Waals surface area contributed by atoms with Gasteiger partial charge >= 0.3 is 0 Å². The Kier molecular flexibility index (Phi) is 3.79. The van der Waals surface area contributed by atoms with Crippen LogP contribution < -0.4 is 10.6 Å². The van der Waals surface area contributed by atoms with Gasteiger partial charge in [-0.1, -0.05) is 30.3 Å². The van der Waals surface area contributed by atoms with Gasteiger partial charge in [-0.15, -0.1) is 0 Å². The van der Waals surface area contributed by atoms with Crippen LogP contribution in [0.2, 0.25) is 0 Å². The molecule has 0 unspecified atom stereocenters. The summed E-state index contributed by atoms with van der Waals surface area (Å²) in [5.74, 6) is 0.194. The van der Waals surface area contributed by atoms with Gasteiger partial charge in [-0.25, -0.2) is 0 Å². The highest BCUT2D eigenvalue weighted by Gasteiger charge is 2.50. The van der Waals surface area contributed by atoms with Gasteiger partial charge in [-0.05, 0) is 38.4 Å². The highest BCUT2D eigenvalue weighted by Crippen LogP contribution is 2.48. The maximum absolute atomic E-state index is 12.2. The monoisotopic (exact) mass is 232 g/mol. The van der Waals surface area contributed by atoms with Crippen molar-refractivity contribution in [2.75, 3.05) is 20.1 Å². The molecule has 0 heterocycles. The summed E-state index contributed by atoms with van der Waals surface area (Å²) >= 11 is 0. The van der Waals surface area contributed by atoms with E-state index in [1.165, 1.54) is 0 Å². The summed E-state index contributed by atoms with van der Waals surface area (Å²) < 4.78 is 0. The second kappa shape index (κ2) is 5.32. The van der Waals surface area contributed by atoms with Crippen molar-refractivity contribution < 1.29 is 4.79 Å². The number of carbonyl (C=O) groups excluding carboxylic acids is 1. The second-order valence-corrected chi connectivity index (χ2v) is 4.66. The van der Waals surface area contributed by atoms with Crippen molar-refractivity contribution in [2.45, 2.75) is 24.7 Å². The van der Waals surface area contributed by atoms with E-state index in [2.05, 4.69) is 22.8 Å². The van der Waals surface area contributed by atoms with Crippen molar-refractivity contribution >= 4 is 5.91 Å². The molecule has 2 N–H and O–H groups in total. The van der Waals surface area contributed by atoms with E-state index in [9.17, 15) is 4.79 Å². The average Bonchev–Trinajstić information content (AvgIpc) is 3.17. The molecule has 1 saturated carbocycles. The van der Waals surface area contributed by atoms with Crippen molar-refractivity contribution in [3.8, 4) is 0 Å². The fourth-order valence-electron chi connectivity index (χ4n) is 2.17. The largest absolute Gasteiger partial charge is 0.355 e. The highest BCUT2D eigenvalue weighted by atomic mass is 16.2. The van der Waals surface area contributed by atoms with Gasteiger partial charge in [0.1, 0.15) is 0 Å². The lowest BCUT2D eigenvalue weighted by Crippen LogP contribution is -2.36. The molecule has 2 rings (SSSR count). The Morgan fingerprint density at radius 1 is 1.24 bits per heavy atom. The van der Waals surface area contributed by atoms with E-state index in [1.807, 2.05) is 25.2 Å². The zero-order valence-electron chi connectivity index (χ0n) is 10.3. The minimum absolute atomic E-state index is 0.194. The van der Waals surface area contributed by atoms with Crippen LogP contribution in [0.25, 0.3) is 0 Å². The first-order chi connectivity index (χ1) is 8.29. The molecule has 0 aromatic heterocycles. The zero-order chi connectivity index (χ0) is 12.1. The maximum atomic E-state index is 12.2. The molecular formula is C14H20N2O. The predicted octanol–water partition coefficient (Wildman–Crippen LogP) is 1.44. The van der Waals surface area contributed by atoms with E-state index < -0.39 is 0 Å². The molecular weight excluding hydrogens is 212 g/mol. The summed E-state index contributed by atoms with van der Waals surface area (Å²) in [6, 6.07) is 10.1. The third-order valence-electron chi connectivity index (χ3n) is 3.40. The summed E-state index contributed by atoms with van der Waals surface area (Å²) in [6.07, 6.45) is 2.94. The lowest BCUT2D eigenvalue weighted by molar-refractivity contribution is -0.123. The molecule has 3 nitrogen and oxygen atoms in total. The Hall–Kier alpha value is -1.35. The van der Waals surface area contributed by atoms with E-state index >= 15 is 0 Å². The normalized spacial score (nSPS) is 16.5. The van der Waals surface area contributed by atoms with Gasteiger partial charge in [-0.2, -0.15) is 0 Å². The molecule has 0 bridgehead atoms. The number of benzene rings is 1. The molecule has 0 atom stereocenters. The molecule has 0 aliphatic heterocycles. The molecule has 0 radical (unpaired) electrons. The Bertz CT molecular complexity index is 371. The fraction of sp³-hybridized carbons (Fsp3) is 0.500. The molecule has 0 spiro atoms. The molecule has 1 aliphatic carbocycles. The lowest BCUT2D eigenvalue weighted by atomic mass is 9.95. The summed E-state index contributed by atoms with van der Waals surface area (Å²) in [6.45, 7) is 1.70. The van der Waals surface area contributed by atoms with Gasteiger partial charge in [0.25, 0.3) is 0 Å². The first-order valence-corrected chi connectivity index (χ1v) is 6.28. The molecule has 0 saturated heterocycles. The second-order valence-electron chi connectivity index (χ2n) is 4.66. The first-order valence-electron chi connectivity index (χ1n) is 6.28. The number of carbonyl (C=O) groups is 1. The van der Waals surface area contributed by atoms with E-state index in [0.717, 1.165) is 37.9 Å². The summed E-state index contributed by atoms with van der Waals surface area (Å²) in [7, 11) is 1.92. The van der Waals surface area contributed by atoms with Crippen molar-refractivity contribution in [1.82, 2.24) is 10.6 Å². The summed E-state index contributed by atoms with van der Waals surface area (Å²) in [5.41, 5.74) is 0.937. The Labute approximate surface area is 103 Å². The quantitative estimate of drug-likeness (QED) is 0.729. The molecule has 92 valence electrons. The van der Waals surface area contributed by atoms with Crippen LogP contribution >= 0.6 is 0 Å². The van der Waals surface area contributed by atoms with Crippen LogP contribution in [0, 0.1) is 0 Å². The molecule has 1 aliphatic rings. The van der Waals surface area contributed by atoms with Crippen LogP contribution in [-0.4, -0.2) is 26.0 Å². The van der Waals surface area contributed by atoms with Crippen molar-refractivity contribution in [3.63, 3.8) is 0 Å². The van der Waals surface area contributed by atoms with Crippen LogP contribution in [0.1, 0.15) is 24.8 Å². The first kappa shape index (κ1) is 12.1. The third kappa shape index (κ3) is 2.67. The standard InChI is InChI=1S/C14H20N2O/c1-15-10-5-11-16-13(17)14(8-9-14)12-6-3-2-4-7-12/h2-4,6-7,15H,5,8-11H2,1H3,(H,16,17). The smallest absolute Gasteiger partial charge is 0.230 e. The van der Waals surface area contributed by atoms with E-state index in [4.69, 9.17) is 0 Å². The fourth-order valence-corrected chi connectivity index (χ4v) is 2.17. The minimum Gasteiger partial charge on any atom is -0.355 e. The number of hydrogen-bond acceptors (Lipinski definition) is 2. The van der Waals surface area contributed by atoms with Crippen LogP contribution in [0.4, 0.5) is 0 Å². The van der Waals surface area contributed by atoms with Crippen LogP contribution in [0.3, 0.4) is 0 Å². The van der Waals surface area contributed by atoms with Crippen molar-refractivity contribution in [1.29, 1.82) is 0 Å². The molecule has 1 aromatic rings. The van der Waals surface area contributed by atoms with Crippen LogP contribution in [0.15, 0.2) is 30.3 Å². The number of rotatable bonds is 6. The SMILES string of the molecule is CNCCCNC(=O)C1(c2ccccc2)CC1. The number of amides is 1. The zero-order valence-corrected chi connectivity index (χ0v) is 10.3. The Morgan fingerprint density at radius 3 is 2.53 bits per heavy atom. The number of nitrogens with one attached hydrogen (secondary N) is 2. The van der Waals surface area contributed by atoms with E-state index in [-0.39, 0.29) is 11.3 Å².